The summed E-state index contributed by atoms with van der Waals surface area (Å²) in [5.41, 5.74) is 2.07. The van der Waals surface area contributed by atoms with Crippen LogP contribution in [0, 0.1) is 0 Å². The number of nitrogens with zero attached hydrogens (tertiary/aromatic N) is 1. The van der Waals surface area contributed by atoms with E-state index in [2.05, 4.69) is 42.6 Å². The van der Waals surface area contributed by atoms with Crippen molar-refractivity contribution in [3.63, 3.8) is 0 Å². The Morgan fingerprint density at radius 1 is 1.47 bits per heavy atom. The highest BCUT2D eigenvalue weighted by Gasteiger charge is 2.15. The van der Waals surface area contributed by atoms with Crippen LogP contribution in [0.4, 0.5) is 5.69 Å². The fourth-order valence-electron chi connectivity index (χ4n) is 2.31. The van der Waals surface area contributed by atoms with E-state index in [4.69, 9.17) is 0 Å². The van der Waals surface area contributed by atoms with Crippen molar-refractivity contribution in [2.45, 2.75) is 18.9 Å². The van der Waals surface area contributed by atoms with Crippen LogP contribution in [0.1, 0.15) is 12.8 Å². The van der Waals surface area contributed by atoms with Crippen molar-refractivity contribution >= 4 is 32.7 Å². The summed E-state index contributed by atoms with van der Waals surface area (Å²) in [4.78, 5) is 7.47. The van der Waals surface area contributed by atoms with Crippen LogP contribution < -0.4 is 10.6 Å². The third-order valence-corrected chi connectivity index (χ3v) is 3.79. The standard InChI is InChI=1S/C12H15BrN4/c13-10-7-16-12-9(3-5-15-12)11(10)17-8-2-1-4-14-6-8/h3,5,7-8,14H,1-2,4,6H2,(H2,15,16,17)/t8-/m1/s1. The summed E-state index contributed by atoms with van der Waals surface area (Å²) in [6, 6.07) is 2.56. The molecule has 1 saturated heterocycles. The van der Waals surface area contributed by atoms with Crippen molar-refractivity contribution in [1.82, 2.24) is 15.3 Å². The van der Waals surface area contributed by atoms with Gasteiger partial charge in [-0.15, -0.1) is 0 Å². The van der Waals surface area contributed by atoms with Crippen LogP contribution in [0.15, 0.2) is 22.9 Å². The van der Waals surface area contributed by atoms with E-state index in [1.54, 1.807) is 0 Å². The van der Waals surface area contributed by atoms with Crippen molar-refractivity contribution in [3.8, 4) is 0 Å². The molecule has 4 nitrogen and oxygen atoms in total. The number of fused-ring (bicyclic) bond motifs is 1. The second-order valence-corrected chi connectivity index (χ2v) is 5.26. The average molecular weight is 295 g/mol. The Labute approximate surface area is 108 Å². The molecule has 0 radical (unpaired) electrons. The summed E-state index contributed by atoms with van der Waals surface area (Å²) in [5.74, 6) is 0. The molecule has 0 bridgehead atoms. The van der Waals surface area contributed by atoms with Crippen LogP contribution in [0.25, 0.3) is 11.0 Å². The molecule has 90 valence electrons. The number of nitrogens with one attached hydrogen (secondary N) is 3. The molecule has 0 saturated carbocycles. The Balaban J connectivity index is 1.92. The lowest BCUT2D eigenvalue weighted by Gasteiger charge is -2.25. The van der Waals surface area contributed by atoms with E-state index < -0.39 is 0 Å². The molecule has 17 heavy (non-hydrogen) atoms. The lowest BCUT2D eigenvalue weighted by Crippen LogP contribution is -2.38. The Bertz CT molecular complexity index is 516. The maximum Gasteiger partial charge on any atom is 0.139 e. The summed E-state index contributed by atoms with van der Waals surface area (Å²) in [6.07, 6.45) is 6.22. The van der Waals surface area contributed by atoms with Crippen LogP contribution in [0.2, 0.25) is 0 Å². The summed E-state index contributed by atoms with van der Waals surface area (Å²) in [6.45, 7) is 2.16. The fourth-order valence-corrected chi connectivity index (χ4v) is 2.74. The quantitative estimate of drug-likeness (QED) is 0.798. The molecule has 3 heterocycles. The van der Waals surface area contributed by atoms with Gasteiger partial charge < -0.3 is 15.6 Å². The monoisotopic (exact) mass is 294 g/mol. The molecule has 0 aliphatic carbocycles. The molecule has 0 unspecified atom stereocenters. The molecule has 1 aliphatic rings. The van der Waals surface area contributed by atoms with Gasteiger partial charge in [-0.3, -0.25) is 0 Å². The minimum absolute atomic E-state index is 0.501. The van der Waals surface area contributed by atoms with Gasteiger partial charge in [-0.05, 0) is 41.4 Å². The smallest absolute Gasteiger partial charge is 0.139 e. The van der Waals surface area contributed by atoms with Gasteiger partial charge in [0.05, 0.1) is 10.2 Å². The lowest BCUT2D eigenvalue weighted by molar-refractivity contribution is 0.480. The topological polar surface area (TPSA) is 52.7 Å². The van der Waals surface area contributed by atoms with E-state index in [0.717, 1.165) is 34.3 Å². The fraction of sp³-hybridized carbons (Fsp3) is 0.417. The van der Waals surface area contributed by atoms with Crippen molar-refractivity contribution in [1.29, 1.82) is 0 Å². The van der Waals surface area contributed by atoms with E-state index in [9.17, 15) is 0 Å². The zero-order valence-electron chi connectivity index (χ0n) is 9.46. The number of hydrogen-bond donors (Lipinski definition) is 3. The SMILES string of the molecule is Brc1cnc2[nH]ccc2c1N[C@@H]1CCCNC1. The van der Waals surface area contributed by atoms with E-state index in [1.807, 2.05) is 12.4 Å². The normalized spacial score (nSPS) is 20.6. The second-order valence-electron chi connectivity index (χ2n) is 4.41. The molecular formula is C12H15BrN4. The van der Waals surface area contributed by atoms with E-state index in [0.29, 0.717) is 6.04 Å². The van der Waals surface area contributed by atoms with Gasteiger partial charge in [-0.1, -0.05) is 0 Å². The van der Waals surface area contributed by atoms with Gasteiger partial charge in [0.2, 0.25) is 0 Å². The molecule has 0 amide bonds. The van der Waals surface area contributed by atoms with Gasteiger partial charge >= 0.3 is 0 Å². The van der Waals surface area contributed by atoms with Crippen LogP contribution in [-0.2, 0) is 0 Å². The first-order valence-electron chi connectivity index (χ1n) is 5.93. The Hall–Kier alpha value is -1.07. The minimum Gasteiger partial charge on any atom is -0.379 e. The van der Waals surface area contributed by atoms with Gasteiger partial charge in [0.15, 0.2) is 0 Å². The summed E-state index contributed by atoms with van der Waals surface area (Å²) < 4.78 is 1.02. The van der Waals surface area contributed by atoms with Crippen LogP contribution in [-0.4, -0.2) is 29.1 Å². The number of rotatable bonds is 2. The van der Waals surface area contributed by atoms with Crippen molar-refractivity contribution in [2.75, 3.05) is 18.4 Å². The highest BCUT2D eigenvalue weighted by Crippen LogP contribution is 2.30. The third kappa shape index (κ3) is 2.17. The lowest BCUT2D eigenvalue weighted by atomic mass is 10.1. The molecule has 3 N–H and O–H groups in total. The molecule has 1 aliphatic heterocycles. The maximum absolute atomic E-state index is 4.34. The molecule has 3 rings (SSSR count). The molecule has 0 spiro atoms. The predicted molar refractivity (Wildman–Crippen MR) is 73.3 cm³/mol. The molecular weight excluding hydrogens is 280 g/mol. The number of aromatic amines is 1. The van der Waals surface area contributed by atoms with E-state index >= 15 is 0 Å². The molecule has 0 aromatic carbocycles. The van der Waals surface area contributed by atoms with E-state index in [1.165, 1.54) is 12.8 Å². The van der Waals surface area contributed by atoms with Crippen molar-refractivity contribution in [2.24, 2.45) is 0 Å². The van der Waals surface area contributed by atoms with Crippen molar-refractivity contribution in [3.05, 3.63) is 22.9 Å². The molecule has 1 fully saturated rings. The number of pyridine rings is 1. The molecule has 5 heteroatoms. The van der Waals surface area contributed by atoms with Gasteiger partial charge in [-0.2, -0.15) is 0 Å². The number of anilines is 1. The van der Waals surface area contributed by atoms with Gasteiger partial charge in [0.25, 0.3) is 0 Å². The third-order valence-electron chi connectivity index (χ3n) is 3.19. The Kier molecular flexibility index (Phi) is 3.03. The zero-order valence-corrected chi connectivity index (χ0v) is 11.0. The molecule has 2 aromatic rings. The van der Waals surface area contributed by atoms with E-state index in [-0.39, 0.29) is 0 Å². The van der Waals surface area contributed by atoms with Gasteiger partial charge in [0, 0.05) is 30.4 Å². The maximum atomic E-state index is 4.34. The number of hydrogen-bond acceptors (Lipinski definition) is 3. The predicted octanol–water partition coefficient (Wildman–Crippen LogP) is 2.49. The summed E-state index contributed by atoms with van der Waals surface area (Å²) in [5, 5.41) is 8.17. The molecule has 1 atom stereocenters. The largest absolute Gasteiger partial charge is 0.379 e. The highest BCUT2D eigenvalue weighted by molar-refractivity contribution is 9.10. The first kappa shape index (κ1) is 11.0. The Morgan fingerprint density at radius 2 is 2.41 bits per heavy atom. The number of H-pyrrole nitrogens is 1. The minimum atomic E-state index is 0.501. The van der Waals surface area contributed by atoms with Crippen LogP contribution in [0.3, 0.4) is 0 Å². The second kappa shape index (κ2) is 4.66. The number of aromatic nitrogens is 2. The first-order valence-corrected chi connectivity index (χ1v) is 6.73. The zero-order chi connectivity index (χ0) is 11.7. The Morgan fingerprint density at radius 3 is 3.24 bits per heavy atom. The number of piperidine rings is 1. The molecule has 2 aromatic heterocycles. The first-order chi connectivity index (χ1) is 8.34. The highest BCUT2D eigenvalue weighted by atomic mass is 79.9. The summed E-state index contributed by atoms with van der Waals surface area (Å²) in [7, 11) is 0. The van der Waals surface area contributed by atoms with Crippen molar-refractivity contribution < 1.29 is 0 Å². The average Bonchev–Trinajstić information content (AvgIpc) is 2.83. The number of halogens is 1. The van der Waals surface area contributed by atoms with Crippen LogP contribution in [0.5, 0.6) is 0 Å². The summed E-state index contributed by atoms with van der Waals surface area (Å²) >= 11 is 3.57. The van der Waals surface area contributed by atoms with Gasteiger partial charge in [0.1, 0.15) is 5.65 Å². The van der Waals surface area contributed by atoms with Gasteiger partial charge in [-0.25, -0.2) is 4.98 Å². The van der Waals surface area contributed by atoms with Crippen LogP contribution >= 0.6 is 15.9 Å².